The van der Waals surface area contributed by atoms with Gasteiger partial charge in [-0.05, 0) is 118 Å². The summed E-state index contributed by atoms with van der Waals surface area (Å²) in [5.41, 5.74) is 8.72. The minimum atomic E-state index is -2.51. The third-order valence-corrected chi connectivity index (χ3v) is 34.4. The Kier molecular flexibility index (Phi) is 34.7. The van der Waals surface area contributed by atoms with Crippen molar-refractivity contribution in [3.63, 3.8) is 0 Å². The van der Waals surface area contributed by atoms with E-state index in [0.717, 1.165) is 21.3 Å². The first-order chi connectivity index (χ1) is 34.4. The zero-order chi connectivity index (χ0) is 51.8. The maximum absolute atomic E-state index is 6.44. The molecule has 1 aliphatic rings. The van der Waals surface area contributed by atoms with Gasteiger partial charge in [-0.1, -0.05) is 246 Å². The van der Waals surface area contributed by atoms with Crippen molar-refractivity contribution < 1.29 is 0 Å². The first kappa shape index (κ1) is 61.4. The highest BCUT2D eigenvalue weighted by Gasteiger charge is 2.50. The Morgan fingerprint density at radius 1 is 0.420 bits per heavy atom. The highest BCUT2D eigenvalue weighted by atomic mass is 79.9. The first-order valence-corrected chi connectivity index (χ1v) is 46.6. The molecule has 0 radical (unpaired) electrons. The quantitative estimate of drug-likeness (QED) is 0.0119. The maximum atomic E-state index is 6.44. The van der Waals surface area contributed by atoms with Crippen molar-refractivity contribution in [2.24, 2.45) is 0 Å². The summed E-state index contributed by atoms with van der Waals surface area (Å²) in [5.74, 6) is 2.59. The van der Waals surface area contributed by atoms with Crippen LogP contribution in [0.25, 0.3) is 21.5 Å². The van der Waals surface area contributed by atoms with E-state index in [-0.39, 0.29) is 0 Å². The van der Waals surface area contributed by atoms with Gasteiger partial charge >= 0.3 is 0 Å². The Bertz CT molecular complexity index is 2110. The summed E-state index contributed by atoms with van der Waals surface area (Å²) >= 11 is 19.7. The van der Waals surface area contributed by atoms with Crippen LogP contribution in [0.1, 0.15) is 73.6 Å². The van der Waals surface area contributed by atoms with Crippen LogP contribution < -0.4 is 0 Å². The summed E-state index contributed by atoms with van der Waals surface area (Å²) in [6, 6.07) is 61.3. The van der Waals surface area contributed by atoms with Gasteiger partial charge in [-0.25, -0.2) is 0 Å². The first-order valence-electron chi connectivity index (χ1n) is 25.5. The summed E-state index contributed by atoms with van der Waals surface area (Å²) in [5, 5.41) is 7.97. The average Bonchev–Trinajstić information content (AvgIpc) is 3.67. The lowest BCUT2D eigenvalue weighted by atomic mass is 9.89. The molecule has 4 aromatic rings. The lowest BCUT2D eigenvalue weighted by Crippen LogP contribution is -2.40. The van der Waals surface area contributed by atoms with Gasteiger partial charge in [0, 0.05) is 21.3 Å². The lowest BCUT2D eigenvalue weighted by Gasteiger charge is -2.39. The molecule has 0 saturated carbocycles. The summed E-state index contributed by atoms with van der Waals surface area (Å²) in [6.07, 6.45) is 15.4. The van der Waals surface area contributed by atoms with Gasteiger partial charge in [-0.2, -0.15) is 23.5 Å². The molecule has 0 saturated heterocycles. The third kappa shape index (κ3) is 21.5. The summed E-state index contributed by atoms with van der Waals surface area (Å²) < 4.78 is 12.9. The number of hydrogen-bond acceptors (Lipinski definition) is 4. The number of hydrogen-bond donors (Lipinski definition) is 0. The van der Waals surface area contributed by atoms with Gasteiger partial charge in [0.1, 0.15) is 8.07 Å². The predicted octanol–water partition coefficient (Wildman–Crippen LogP) is 20.9. The summed E-state index contributed by atoms with van der Waals surface area (Å²) in [4.78, 5) is 0. The molecule has 0 amide bonds. The van der Waals surface area contributed by atoms with E-state index in [1.807, 2.05) is 23.5 Å². The zero-order valence-corrected chi connectivity index (χ0v) is 57.8. The fourth-order valence-electron chi connectivity index (χ4n) is 11.3. The number of alkyl halides is 4. The van der Waals surface area contributed by atoms with Crippen LogP contribution in [-0.4, -0.2) is 71.8 Å². The van der Waals surface area contributed by atoms with Crippen molar-refractivity contribution in [1.29, 1.82) is 2.25 Å². The van der Waals surface area contributed by atoms with Crippen molar-refractivity contribution in [2.75, 3.05) is 45.3 Å². The molecule has 0 aliphatic carbocycles. The Morgan fingerprint density at radius 2 is 0.667 bits per heavy atom. The maximum Gasteiger partial charge on any atom is 0.121 e. The highest BCUT2D eigenvalue weighted by Crippen LogP contribution is 2.59. The van der Waals surface area contributed by atoms with Gasteiger partial charge in [0.25, 0.3) is 0 Å². The van der Waals surface area contributed by atoms with E-state index in [9.17, 15) is 0 Å². The molecule has 69 heavy (non-hydrogen) atoms. The van der Waals surface area contributed by atoms with Gasteiger partial charge in [0.2, 0.25) is 0 Å². The smallest absolute Gasteiger partial charge is 0.121 e. The Morgan fingerprint density at radius 3 is 0.928 bits per heavy atom. The largest absolute Gasteiger partial charge is 0.443 e. The molecule has 0 spiro atoms. The molecule has 5 rings (SSSR count). The predicted molar refractivity (Wildman–Crippen MR) is 364 cm³/mol. The fourth-order valence-corrected chi connectivity index (χ4v) is 33.0. The standard InChI is InChI=1S/C54H74Br4S2Si3.2H3P2S/c1-59-35-19-41-61(37-15-31-55,38-16-32-56)43-21-45-63(46-22-44-62(39-17-33-57,40-18-34-58)42-20-36-60-2)53(49-27-11-5-12-28-49)51(47-23-7-3-8-24-47)52(48-25-9-4-10-26-48)54(63)50-29-13-6-14-30-50;2*1-3-2/h3-14,23-30H,15-22,31-46H2,1-2H3;2*1-3H/q;2*-1/i;2*3T. The van der Waals surface area contributed by atoms with E-state index >= 15 is 0 Å². The van der Waals surface area contributed by atoms with Crippen molar-refractivity contribution >= 4 is 185 Å². The number of allylic oxidation sites excluding steroid dienone is 2. The number of thioether (sulfide) groups is 2. The third-order valence-electron chi connectivity index (χ3n) is 14.1. The van der Waals surface area contributed by atoms with Gasteiger partial charge in [0.15, 0.2) is 0 Å². The second-order valence-electron chi connectivity index (χ2n) is 18.3. The van der Waals surface area contributed by atoms with E-state index in [1.54, 1.807) is 10.4 Å². The summed E-state index contributed by atoms with van der Waals surface area (Å²) in [6.45, 7) is 0. The Balaban J connectivity index is 0.00000154. The molecule has 0 nitrogen and oxygen atoms in total. The molecule has 0 N–H and O–H groups in total. The van der Waals surface area contributed by atoms with E-state index in [2.05, 4.69) is 230 Å². The van der Waals surface area contributed by atoms with Crippen LogP contribution in [0, 0.1) is 0 Å². The van der Waals surface area contributed by atoms with Gasteiger partial charge in [-0.3, -0.25) is 32.1 Å². The molecule has 0 fully saturated rings. The Hall–Kier alpha value is 1.53. The van der Waals surface area contributed by atoms with E-state index < -0.39 is 44.3 Å². The molecule has 1 aliphatic heterocycles. The highest BCUT2D eigenvalue weighted by molar-refractivity contribution is 9.09. The number of benzene rings is 4. The Labute approximate surface area is 482 Å². The van der Waals surface area contributed by atoms with Crippen molar-refractivity contribution in [3.8, 4) is 0 Å². The molecule has 0 bridgehead atoms. The monoisotopic (exact) mass is 1380 g/mol. The van der Waals surface area contributed by atoms with Crippen molar-refractivity contribution in [2.45, 2.75) is 112 Å². The minimum absolute atomic E-state index is 0.500. The average molecular weight is 1390 g/mol. The second-order valence-corrected chi connectivity index (χ2v) is 42.9. The van der Waals surface area contributed by atoms with Gasteiger partial charge in [-0.15, -0.1) is 2.25 Å². The molecule has 0 atom stereocenters. The molecule has 0 aromatic heterocycles. The lowest BCUT2D eigenvalue weighted by molar-refractivity contribution is 0.874. The van der Waals surface area contributed by atoms with E-state index in [4.69, 9.17) is 2.25 Å². The molecule has 1 heterocycles. The van der Waals surface area contributed by atoms with Crippen LogP contribution in [0.15, 0.2) is 121 Å². The van der Waals surface area contributed by atoms with Crippen LogP contribution in [0.3, 0.4) is 0 Å². The molecule has 382 valence electrons. The van der Waals surface area contributed by atoms with Crippen molar-refractivity contribution in [3.05, 3.63) is 144 Å². The van der Waals surface area contributed by atoms with Crippen LogP contribution in [0.4, 0.5) is 0 Å². The van der Waals surface area contributed by atoms with E-state index in [0.29, 0.717) is 0 Å². The normalized spacial score (nSPS) is 14.0. The van der Waals surface area contributed by atoms with Crippen LogP contribution in [0.2, 0.25) is 60.4 Å². The molecule has 4 aromatic carbocycles. The van der Waals surface area contributed by atoms with E-state index in [1.165, 1.54) is 157 Å². The number of rotatable bonds is 32. The van der Waals surface area contributed by atoms with Crippen LogP contribution >= 0.6 is 119 Å². The number of halogens is 4. The fraction of sp³-hybridized carbons (Fsp3) is 0.481. The van der Waals surface area contributed by atoms with Gasteiger partial charge < -0.3 is 20.0 Å². The topological polar surface area (TPSA) is 0 Å². The van der Waals surface area contributed by atoms with Crippen molar-refractivity contribution in [1.82, 2.24) is 0 Å². The molecular formula is C54H80Br4P4S4Si3-2. The zero-order valence-electron chi connectivity index (χ0n) is 43.2. The van der Waals surface area contributed by atoms with Gasteiger partial charge in [0.05, 0.1) is 16.1 Å². The second kappa shape index (κ2) is 39.0. The molecule has 0 unspecified atom stereocenters. The SMILES string of the molecule is CSCCC[Si](CCCBr)(CCCBr)CCC[Si]1(CCC[Si](CCCBr)(CCCBr)CCCSC)C(c2ccccc2)=C(c2ccccc2)C(c2ccccc2)=C1c1ccccc1.[3H][S-](=P)=P.[3H][S-](=P)=P. The van der Waals surface area contributed by atoms with Crippen LogP contribution in [0.5, 0.6) is 0 Å². The number of thiol groups is 2. The molecule has 15 heteroatoms. The van der Waals surface area contributed by atoms with Crippen LogP contribution in [-0.2, 0) is 20.0 Å². The summed E-state index contributed by atoms with van der Waals surface area (Å²) in [7, 11) is 5.09. The molecular weight excluding hydrogens is 1300 g/mol. The minimum Gasteiger partial charge on any atom is -0.443 e.